The molecule has 3 fully saturated rings. The van der Waals surface area contributed by atoms with E-state index in [-0.39, 0.29) is 11.8 Å². The molecular weight excluding hydrogens is 362 g/mol. The molecule has 4 rings (SSSR count). The summed E-state index contributed by atoms with van der Waals surface area (Å²) < 4.78 is 29.0. The lowest BCUT2D eigenvalue weighted by molar-refractivity contribution is -0.132. The summed E-state index contributed by atoms with van der Waals surface area (Å²) in [6.45, 7) is 3.33. The highest BCUT2D eigenvalue weighted by atomic mass is 32.2. The van der Waals surface area contributed by atoms with Crippen molar-refractivity contribution in [3.8, 4) is 0 Å². The fourth-order valence-electron chi connectivity index (χ4n) is 4.37. The topological polar surface area (TPSA) is 60.9 Å². The molecule has 1 aromatic rings. The predicted octanol–water partition coefficient (Wildman–Crippen LogP) is 2.06. The lowest BCUT2D eigenvalue weighted by Gasteiger charge is -2.31. The second-order valence-electron chi connectivity index (χ2n) is 7.90. The molecule has 2 saturated heterocycles. The Morgan fingerprint density at radius 2 is 1.48 bits per heavy atom. The summed E-state index contributed by atoms with van der Waals surface area (Å²) in [6.07, 6.45) is 4.62. The zero-order valence-corrected chi connectivity index (χ0v) is 16.6. The van der Waals surface area contributed by atoms with Crippen LogP contribution in [-0.4, -0.2) is 67.1 Å². The van der Waals surface area contributed by atoms with Crippen LogP contribution in [0, 0.1) is 5.92 Å². The van der Waals surface area contributed by atoms with Crippen molar-refractivity contribution in [1.82, 2.24) is 13.5 Å². The van der Waals surface area contributed by atoms with Crippen LogP contribution in [0.4, 0.5) is 0 Å². The maximum Gasteiger partial charge on any atom is 0.282 e. The maximum atomic E-state index is 12.9. The van der Waals surface area contributed by atoms with Gasteiger partial charge in [-0.2, -0.15) is 17.0 Å². The van der Waals surface area contributed by atoms with Crippen LogP contribution in [0.3, 0.4) is 0 Å². The number of piperidine rings is 1. The minimum atomic E-state index is -3.39. The van der Waals surface area contributed by atoms with Crippen LogP contribution in [0.15, 0.2) is 30.3 Å². The lowest BCUT2D eigenvalue weighted by Crippen LogP contribution is -2.47. The Bertz CT molecular complexity index is 762. The van der Waals surface area contributed by atoms with Gasteiger partial charge < -0.3 is 4.90 Å². The largest absolute Gasteiger partial charge is 0.341 e. The van der Waals surface area contributed by atoms with E-state index in [1.807, 2.05) is 23.1 Å². The molecule has 3 aliphatic rings. The molecule has 1 aromatic carbocycles. The van der Waals surface area contributed by atoms with E-state index in [0.717, 1.165) is 25.7 Å². The number of nitrogens with zero attached hydrogens (tertiary/aromatic N) is 3. The van der Waals surface area contributed by atoms with E-state index in [9.17, 15) is 13.2 Å². The van der Waals surface area contributed by atoms with Crippen LogP contribution in [-0.2, 0) is 15.0 Å². The van der Waals surface area contributed by atoms with Crippen LogP contribution in [0.2, 0.25) is 0 Å². The average molecular weight is 392 g/mol. The van der Waals surface area contributed by atoms with Gasteiger partial charge in [-0.15, -0.1) is 0 Å². The minimum Gasteiger partial charge on any atom is -0.341 e. The molecule has 0 unspecified atom stereocenters. The number of carbonyl (C=O) groups is 1. The number of amides is 1. The predicted molar refractivity (Wildman–Crippen MR) is 104 cm³/mol. The summed E-state index contributed by atoms with van der Waals surface area (Å²) in [4.78, 5) is 14.8. The van der Waals surface area contributed by atoms with Gasteiger partial charge in [0.1, 0.15) is 0 Å². The first-order chi connectivity index (χ1) is 13.1. The Morgan fingerprint density at radius 1 is 0.815 bits per heavy atom. The van der Waals surface area contributed by atoms with E-state index in [4.69, 9.17) is 0 Å². The zero-order chi connectivity index (χ0) is 18.9. The van der Waals surface area contributed by atoms with Gasteiger partial charge in [0.2, 0.25) is 5.91 Å². The van der Waals surface area contributed by atoms with Crippen molar-refractivity contribution in [2.24, 2.45) is 5.92 Å². The van der Waals surface area contributed by atoms with Crippen molar-refractivity contribution in [1.29, 1.82) is 0 Å². The summed E-state index contributed by atoms with van der Waals surface area (Å²) in [5.74, 6) is 0.592. The van der Waals surface area contributed by atoms with Crippen molar-refractivity contribution in [3.05, 3.63) is 35.9 Å². The molecule has 0 bridgehead atoms. The monoisotopic (exact) mass is 391 g/mol. The van der Waals surface area contributed by atoms with Gasteiger partial charge >= 0.3 is 0 Å². The summed E-state index contributed by atoms with van der Waals surface area (Å²) in [5, 5.41) is 0. The van der Waals surface area contributed by atoms with E-state index in [1.54, 1.807) is 8.61 Å². The van der Waals surface area contributed by atoms with Crippen molar-refractivity contribution in [3.63, 3.8) is 0 Å². The molecule has 1 aliphatic carbocycles. The molecule has 0 aromatic heterocycles. The Balaban J connectivity index is 1.35. The van der Waals surface area contributed by atoms with Gasteiger partial charge in [-0.3, -0.25) is 4.79 Å². The van der Waals surface area contributed by atoms with Gasteiger partial charge in [-0.1, -0.05) is 36.8 Å². The van der Waals surface area contributed by atoms with Crippen LogP contribution in [0.1, 0.15) is 43.6 Å². The van der Waals surface area contributed by atoms with E-state index in [1.165, 1.54) is 5.56 Å². The first-order valence-corrected chi connectivity index (χ1v) is 11.6. The smallest absolute Gasteiger partial charge is 0.282 e. The fourth-order valence-corrected chi connectivity index (χ4v) is 6.09. The Morgan fingerprint density at radius 3 is 2.22 bits per heavy atom. The number of rotatable bonds is 4. The quantitative estimate of drug-likeness (QED) is 0.789. The Kier molecular flexibility index (Phi) is 5.53. The average Bonchev–Trinajstić information content (AvgIpc) is 3.52. The molecule has 2 heterocycles. The second-order valence-corrected chi connectivity index (χ2v) is 9.83. The third-order valence-electron chi connectivity index (χ3n) is 6.07. The summed E-state index contributed by atoms with van der Waals surface area (Å²) in [6, 6.07) is 10.2. The molecule has 2 aliphatic heterocycles. The molecule has 0 N–H and O–H groups in total. The normalized spacial score (nSPS) is 27.9. The highest BCUT2D eigenvalue weighted by molar-refractivity contribution is 7.86. The van der Waals surface area contributed by atoms with E-state index in [0.29, 0.717) is 51.6 Å². The van der Waals surface area contributed by atoms with Crippen molar-refractivity contribution in [2.45, 2.75) is 38.0 Å². The molecule has 7 heteroatoms. The van der Waals surface area contributed by atoms with Crippen LogP contribution in [0.5, 0.6) is 0 Å². The number of carbonyl (C=O) groups excluding carboxylic acids is 1. The number of hydrogen-bond acceptors (Lipinski definition) is 3. The molecule has 0 radical (unpaired) electrons. The van der Waals surface area contributed by atoms with Gasteiger partial charge in [0, 0.05) is 45.2 Å². The molecule has 27 heavy (non-hydrogen) atoms. The molecule has 1 amide bonds. The third-order valence-corrected chi connectivity index (χ3v) is 8.10. The van der Waals surface area contributed by atoms with E-state index in [2.05, 4.69) is 12.1 Å². The van der Waals surface area contributed by atoms with Gasteiger partial charge in [0.05, 0.1) is 0 Å². The van der Waals surface area contributed by atoms with Crippen LogP contribution < -0.4 is 0 Å². The van der Waals surface area contributed by atoms with Gasteiger partial charge in [-0.05, 0) is 37.2 Å². The molecule has 6 nitrogen and oxygen atoms in total. The number of benzene rings is 1. The molecular formula is C20H29N3O3S. The highest BCUT2D eigenvalue weighted by Crippen LogP contribution is 2.48. The Labute approximate surface area is 162 Å². The first kappa shape index (κ1) is 18.9. The van der Waals surface area contributed by atoms with Crippen LogP contribution in [0.25, 0.3) is 0 Å². The standard InChI is InChI=1S/C20H29N3O3S/c24-20(19-16-18(19)17-8-3-1-4-9-17)21-10-7-13-23(15-14-21)27(25,26)22-11-5-2-6-12-22/h1,3-4,8-9,18-19H,2,5-7,10-16H2/t18-,19+/m0/s1. The minimum absolute atomic E-state index is 0.0673. The van der Waals surface area contributed by atoms with Gasteiger partial charge in [-0.25, -0.2) is 0 Å². The van der Waals surface area contributed by atoms with E-state index >= 15 is 0 Å². The van der Waals surface area contributed by atoms with Gasteiger partial charge in [0.25, 0.3) is 10.2 Å². The zero-order valence-electron chi connectivity index (χ0n) is 15.8. The molecule has 148 valence electrons. The van der Waals surface area contributed by atoms with Gasteiger partial charge in [0.15, 0.2) is 0 Å². The number of hydrogen-bond donors (Lipinski definition) is 0. The molecule has 2 atom stereocenters. The first-order valence-electron chi connectivity index (χ1n) is 10.2. The SMILES string of the molecule is O=C([C@@H]1C[C@H]1c1ccccc1)N1CCCN(S(=O)(=O)N2CCCCC2)CC1. The fraction of sp³-hybridized carbons (Fsp3) is 0.650. The summed E-state index contributed by atoms with van der Waals surface area (Å²) in [7, 11) is -3.39. The summed E-state index contributed by atoms with van der Waals surface area (Å²) in [5.41, 5.74) is 1.24. The highest BCUT2D eigenvalue weighted by Gasteiger charge is 2.46. The third kappa shape index (κ3) is 4.05. The molecule has 1 saturated carbocycles. The van der Waals surface area contributed by atoms with Crippen molar-refractivity contribution in [2.75, 3.05) is 39.3 Å². The lowest BCUT2D eigenvalue weighted by atomic mass is 10.1. The van der Waals surface area contributed by atoms with Crippen LogP contribution >= 0.6 is 0 Å². The van der Waals surface area contributed by atoms with E-state index < -0.39 is 10.2 Å². The summed E-state index contributed by atoms with van der Waals surface area (Å²) >= 11 is 0. The second kappa shape index (κ2) is 7.89. The van der Waals surface area contributed by atoms with Crippen molar-refractivity contribution >= 4 is 16.1 Å². The van der Waals surface area contributed by atoms with Crippen molar-refractivity contribution < 1.29 is 13.2 Å². The Hall–Kier alpha value is -1.44. The molecule has 0 spiro atoms. The maximum absolute atomic E-state index is 12.9.